The second kappa shape index (κ2) is 29.5. The van der Waals surface area contributed by atoms with Crippen molar-refractivity contribution in [3.05, 3.63) is 11.6 Å². The number of carbonyl (C=O) groups is 1. The molecule has 5 aliphatic carbocycles. The highest BCUT2D eigenvalue weighted by atomic mass is 16.8. The molecule has 0 spiro atoms. The summed E-state index contributed by atoms with van der Waals surface area (Å²) in [7, 11) is 0. The van der Waals surface area contributed by atoms with Gasteiger partial charge in [-0.1, -0.05) is 53.2 Å². The van der Waals surface area contributed by atoms with E-state index in [0.29, 0.717) is 32.1 Å². The van der Waals surface area contributed by atoms with Crippen molar-refractivity contribution in [3.63, 3.8) is 0 Å². The zero-order valence-corrected chi connectivity index (χ0v) is 59.0. The van der Waals surface area contributed by atoms with Crippen molar-refractivity contribution in [2.75, 3.05) is 52.9 Å². The van der Waals surface area contributed by atoms with Gasteiger partial charge in [0, 0.05) is 11.3 Å². The number of ether oxygens (including phenoxy) is 14. The first-order valence-corrected chi connectivity index (χ1v) is 35.9. The minimum absolute atomic E-state index is 0.00681. The fourth-order valence-electron chi connectivity index (χ4n) is 20.0. The van der Waals surface area contributed by atoms with E-state index in [-0.39, 0.29) is 30.6 Å². The van der Waals surface area contributed by atoms with Crippen LogP contribution in [0.2, 0.25) is 0 Å². The molecular formula is C68H110O35. The molecule has 40 atom stereocenters. The Morgan fingerprint density at radius 2 is 1.01 bits per heavy atom. The number of esters is 1. The molecule has 0 unspecified atom stereocenters. The van der Waals surface area contributed by atoms with Crippen LogP contribution >= 0.6 is 0 Å². The van der Waals surface area contributed by atoms with Crippen LogP contribution in [0.1, 0.15) is 107 Å². The number of rotatable bonds is 18. The first-order valence-electron chi connectivity index (χ1n) is 35.9. The maximum absolute atomic E-state index is 15.8. The van der Waals surface area contributed by atoms with Crippen LogP contribution in [0.15, 0.2) is 11.6 Å². The lowest BCUT2D eigenvalue weighted by molar-refractivity contribution is -0.396. The van der Waals surface area contributed by atoms with Gasteiger partial charge in [0.2, 0.25) is 6.29 Å². The molecule has 7 heterocycles. The molecule has 20 N–H and O–H groups in total. The normalized spacial score (nSPS) is 55.8. The Balaban J connectivity index is 0.803. The highest BCUT2D eigenvalue weighted by molar-refractivity contribution is 5.79. The zero-order valence-electron chi connectivity index (χ0n) is 59.0. The van der Waals surface area contributed by atoms with Gasteiger partial charge in [-0.05, 0) is 98.7 Å². The lowest BCUT2D eigenvalue weighted by atomic mass is 9.33. The molecule has 7 aliphatic heterocycles. The van der Waals surface area contributed by atoms with Crippen molar-refractivity contribution in [1.82, 2.24) is 0 Å². The Kier molecular flexibility index (Phi) is 23.1. The monoisotopic (exact) mass is 1490 g/mol. The first-order chi connectivity index (χ1) is 48.3. The van der Waals surface area contributed by atoms with E-state index in [1.54, 1.807) is 6.92 Å². The predicted octanol–water partition coefficient (Wildman–Crippen LogP) is -7.03. The topological polar surface area (TPSA) is 551 Å². The number of aliphatic hydroxyl groups excluding tert-OH is 18. The van der Waals surface area contributed by atoms with Gasteiger partial charge in [-0.2, -0.15) is 0 Å². The Morgan fingerprint density at radius 1 is 0.485 bits per heavy atom. The van der Waals surface area contributed by atoms with Crippen molar-refractivity contribution in [2.24, 2.45) is 50.2 Å². The summed E-state index contributed by atoms with van der Waals surface area (Å²) in [6.07, 6.45) is -46.9. The molecule has 103 heavy (non-hydrogen) atoms. The number of carbonyl (C=O) groups excluding carboxylic acids is 1. The van der Waals surface area contributed by atoms with Crippen molar-refractivity contribution in [1.29, 1.82) is 0 Å². The van der Waals surface area contributed by atoms with E-state index in [2.05, 4.69) is 33.8 Å². The van der Waals surface area contributed by atoms with Crippen LogP contribution in [0, 0.1) is 50.2 Å². The number of aliphatic hydroxyl groups is 20. The van der Waals surface area contributed by atoms with Gasteiger partial charge in [-0.3, -0.25) is 4.79 Å². The molecule has 592 valence electrons. The molecule has 4 saturated carbocycles. The Hall–Kier alpha value is -2.11. The highest BCUT2D eigenvalue weighted by Crippen LogP contribution is 2.76. The third-order valence-corrected chi connectivity index (χ3v) is 26.4. The van der Waals surface area contributed by atoms with Crippen molar-refractivity contribution >= 4 is 5.97 Å². The van der Waals surface area contributed by atoms with Crippen LogP contribution in [-0.2, 0) is 71.1 Å². The second-order valence-corrected chi connectivity index (χ2v) is 33.3. The van der Waals surface area contributed by atoms with Crippen LogP contribution < -0.4 is 0 Å². The van der Waals surface area contributed by atoms with E-state index in [9.17, 15) is 102 Å². The molecule has 7 saturated heterocycles. The average Bonchev–Trinajstić information content (AvgIpc) is 1.06. The third kappa shape index (κ3) is 13.5. The Bertz CT molecular complexity index is 2980. The number of hydrogen-bond donors (Lipinski definition) is 20. The molecule has 0 amide bonds. The summed E-state index contributed by atoms with van der Waals surface area (Å²) < 4.78 is 84.8. The van der Waals surface area contributed by atoms with E-state index in [4.69, 9.17) is 66.3 Å². The lowest BCUT2D eigenvalue weighted by Crippen LogP contribution is -2.72. The van der Waals surface area contributed by atoms with E-state index in [0.717, 1.165) is 5.57 Å². The molecule has 12 aliphatic rings. The predicted molar refractivity (Wildman–Crippen MR) is 338 cm³/mol. The van der Waals surface area contributed by atoms with E-state index < -0.39 is 293 Å². The van der Waals surface area contributed by atoms with Gasteiger partial charge in [0.05, 0.1) is 88.8 Å². The summed E-state index contributed by atoms with van der Waals surface area (Å²) in [6.45, 7) is 9.00. The van der Waals surface area contributed by atoms with E-state index >= 15 is 4.79 Å². The second-order valence-electron chi connectivity index (χ2n) is 33.3. The number of allylic oxidation sites excluding steroid dienone is 2. The molecule has 11 fully saturated rings. The molecule has 0 aromatic heterocycles. The van der Waals surface area contributed by atoms with Gasteiger partial charge < -0.3 is 168 Å². The number of hydrogen-bond acceptors (Lipinski definition) is 35. The van der Waals surface area contributed by atoms with Crippen molar-refractivity contribution in [3.8, 4) is 0 Å². The number of fused-ring (bicyclic) bond motifs is 7. The Labute approximate surface area is 594 Å². The van der Waals surface area contributed by atoms with Gasteiger partial charge in [0.1, 0.15) is 115 Å². The highest BCUT2D eigenvalue weighted by Gasteiger charge is 2.74. The minimum Gasteiger partial charge on any atom is -0.432 e. The summed E-state index contributed by atoms with van der Waals surface area (Å²) in [5.74, 6) is -2.36. The zero-order chi connectivity index (χ0) is 75.1. The average molecular weight is 1490 g/mol. The minimum atomic E-state index is -2.27. The lowest BCUT2D eigenvalue weighted by Gasteiger charge is -2.72. The fraction of sp³-hybridized carbons (Fsp3) is 0.956. The largest absolute Gasteiger partial charge is 0.432 e. The van der Waals surface area contributed by atoms with Crippen molar-refractivity contribution in [2.45, 2.75) is 302 Å². The van der Waals surface area contributed by atoms with Crippen LogP contribution in [0.5, 0.6) is 0 Å². The molecular weight excluding hydrogens is 1380 g/mol. The van der Waals surface area contributed by atoms with Gasteiger partial charge >= 0.3 is 5.97 Å². The summed E-state index contributed by atoms with van der Waals surface area (Å²) in [5.41, 5.74) is -9.08. The van der Waals surface area contributed by atoms with Gasteiger partial charge in [0.25, 0.3) is 0 Å². The van der Waals surface area contributed by atoms with Crippen molar-refractivity contribution < 1.29 is 173 Å². The van der Waals surface area contributed by atoms with Gasteiger partial charge in [0.15, 0.2) is 43.8 Å². The third-order valence-electron chi connectivity index (χ3n) is 26.4. The molecule has 35 nitrogen and oxygen atoms in total. The van der Waals surface area contributed by atoms with Gasteiger partial charge in [-0.25, -0.2) is 0 Å². The molecule has 0 aromatic rings. The summed E-state index contributed by atoms with van der Waals surface area (Å²) in [4.78, 5) is 15.8. The first kappa shape index (κ1) is 80.4. The van der Waals surface area contributed by atoms with Crippen LogP contribution in [0.3, 0.4) is 0 Å². The SMILES string of the molecule is C[C@@H]1O[C@@H](O[C@@H]2[C@@H](O[C@@H]3OC[C@](O)(CO)[C@H]3O)[C@H](O[C@H]3[C@H](O[C@H]4[C@H](OC(=O)[C@]56CCC(C)(C)C[C@H]5C5=CC[C@@H]7[C@@]8(C)C[C@H](O)[C@H](O[C@@H]9O[C@H](CO)[C@@H](O)[C@H](O)[C@H]9O[C@@H]9OC[C@](O)(CO)[C@H]9O)[C@@](C)(CO)[C@@H]8[C@H](O)C[C@@]7(C)[C@]5(C)CC6)OC[C@H](O)[C@@H]4O)O[C@@H](C)[C@H](O)[C@H]3O)OC[C@H]2O)[C@H](O)[C@H](O)[C@H]1O. The molecule has 0 radical (unpaired) electrons. The smallest absolute Gasteiger partial charge is 0.315 e. The Morgan fingerprint density at radius 3 is 1.61 bits per heavy atom. The van der Waals surface area contributed by atoms with Gasteiger partial charge in [-0.15, -0.1) is 0 Å². The molecule has 0 bridgehead atoms. The van der Waals surface area contributed by atoms with Crippen LogP contribution in [0.4, 0.5) is 0 Å². The van der Waals surface area contributed by atoms with Crippen LogP contribution in [0.25, 0.3) is 0 Å². The maximum Gasteiger partial charge on any atom is 0.315 e. The summed E-state index contributed by atoms with van der Waals surface area (Å²) >= 11 is 0. The molecule has 12 rings (SSSR count). The molecule has 0 aromatic carbocycles. The summed E-state index contributed by atoms with van der Waals surface area (Å²) in [6, 6.07) is 0. The van der Waals surface area contributed by atoms with E-state index in [1.165, 1.54) is 13.8 Å². The van der Waals surface area contributed by atoms with E-state index in [1.807, 2.05) is 6.92 Å². The van der Waals surface area contributed by atoms with Crippen LogP contribution in [-0.4, -0.2) is 357 Å². The maximum atomic E-state index is 15.8. The summed E-state index contributed by atoms with van der Waals surface area (Å²) in [5, 5.41) is 224. The quantitative estimate of drug-likeness (QED) is 0.0344. The standard InChI is InChI=1S/C68H110O35/c1-26-36(77)40(81)43(84)53(94-26)97-44-33(76)20-91-55(48(44)101-59-51(86)68(89,23-72)25-93-59)98-46-41(82)37(78)27(2)95-56(46)99-45-38(79)32(75)19-90-54(45)103-60(87)66-13-11-61(3,4)15-29(66)28-9-10-35-62(5)16-31(74)52(63(6,21-70)49(62)30(73)17-65(35,8)64(28,7)12-14-66)102-57-47(42(83)39(80)34(18-69)96-57)100-58-50(85)67(88,22-71)24-92-58/h9,26-27,29-59,69-86,88-89H,10-25H2,1-8H3/t26-,27-,29-,30+,31-,32-,33+,34+,35+,36-,37-,38-,39+,40+,41+,42-,43+,44-,45+,46+,47+,48+,49+,50-,51-,52-,53-,54-,55-,56-,57-,58-,59-,62+,63-,64+,65+,66-,67+,68+/m0/s1. The molecule has 35 heteroatoms. The fourth-order valence-corrected chi connectivity index (χ4v) is 20.0.